The van der Waals surface area contributed by atoms with Crippen LogP contribution in [-0.2, 0) is 24.8 Å². The van der Waals surface area contributed by atoms with Crippen LogP contribution in [0.25, 0.3) is 0 Å². The van der Waals surface area contributed by atoms with Crippen molar-refractivity contribution in [1.82, 2.24) is 14.8 Å². The number of benzene rings is 1. The fraction of sp³-hybridized carbons (Fsp3) is 0.286. The van der Waals surface area contributed by atoms with Crippen molar-refractivity contribution in [2.75, 3.05) is 4.90 Å². The first-order chi connectivity index (χ1) is 10.1. The van der Waals surface area contributed by atoms with Gasteiger partial charge in [0.2, 0.25) is 5.91 Å². The molecule has 108 valence electrons. The lowest BCUT2D eigenvalue weighted by molar-refractivity contribution is -0.119. The Morgan fingerprint density at radius 1 is 1.38 bits per heavy atom. The van der Waals surface area contributed by atoms with Gasteiger partial charge in [-0.3, -0.25) is 4.79 Å². The summed E-state index contributed by atoms with van der Waals surface area (Å²) in [4.78, 5) is 24.8. The number of hydrogen-bond donors (Lipinski definition) is 1. The molecule has 0 spiro atoms. The highest BCUT2D eigenvalue weighted by Crippen LogP contribution is 2.29. The van der Waals surface area contributed by atoms with Gasteiger partial charge >= 0.3 is 5.97 Å². The van der Waals surface area contributed by atoms with E-state index in [9.17, 15) is 9.59 Å². The molecule has 1 aliphatic rings. The van der Waals surface area contributed by atoms with Crippen LogP contribution in [0.4, 0.5) is 5.69 Å². The van der Waals surface area contributed by atoms with Crippen LogP contribution >= 0.6 is 0 Å². The summed E-state index contributed by atoms with van der Waals surface area (Å²) in [6.45, 7) is 0.328. The smallest absolute Gasteiger partial charge is 0.335 e. The summed E-state index contributed by atoms with van der Waals surface area (Å²) in [6, 6.07) is 4.84. The first-order valence-electron chi connectivity index (χ1n) is 6.55. The lowest BCUT2D eigenvalue weighted by atomic mass is 9.98. The summed E-state index contributed by atoms with van der Waals surface area (Å²) in [5, 5.41) is 16.8. The molecule has 0 atom stereocenters. The topological polar surface area (TPSA) is 88.3 Å². The number of aryl methyl sites for hydroxylation is 2. The zero-order valence-corrected chi connectivity index (χ0v) is 11.5. The Morgan fingerprint density at radius 2 is 2.19 bits per heavy atom. The lowest BCUT2D eigenvalue weighted by Gasteiger charge is -2.29. The number of carbonyl (C=O) groups is 2. The number of hydrogen-bond acceptors (Lipinski definition) is 4. The van der Waals surface area contributed by atoms with E-state index in [0.717, 1.165) is 11.3 Å². The van der Waals surface area contributed by atoms with Crippen molar-refractivity contribution in [3.05, 3.63) is 41.5 Å². The van der Waals surface area contributed by atoms with Crippen molar-refractivity contribution in [3.63, 3.8) is 0 Å². The van der Waals surface area contributed by atoms with Crippen LogP contribution in [0.2, 0.25) is 0 Å². The Bertz CT molecular complexity index is 723. The number of aromatic nitrogens is 3. The van der Waals surface area contributed by atoms with Gasteiger partial charge in [0.15, 0.2) is 5.82 Å². The van der Waals surface area contributed by atoms with E-state index in [1.165, 1.54) is 6.07 Å². The highest BCUT2D eigenvalue weighted by atomic mass is 16.4. The maximum absolute atomic E-state index is 12.2. The van der Waals surface area contributed by atoms with Crippen molar-refractivity contribution in [2.45, 2.75) is 19.4 Å². The Labute approximate surface area is 120 Å². The third-order valence-corrected chi connectivity index (χ3v) is 3.63. The number of fused-ring (bicyclic) bond motifs is 1. The summed E-state index contributed by atoms with van der Waals surface area (Å²) < 4.78 is 1.76. The second kappa shape index (κ2) is 5.01. The monoisotopic (exact) mass is 286 g/mol. The molecule has 0 saturated heterocycles. The molecule has 0 radical (unpaired) electrons. The number of carboxylic acid groups (broad SMARTS) is 1. The summed E-state index contributed by atoms with van der Waals surface area (Å²) in [7, 11) is 1.82. The van der Waals surface area contributed by atoms with Crippen LogP contribution in [0, 0.1) is 0 Å². The van der Waals surface area contributed by atoms with Crippen LogP contribution in [0.1, 0.15) is 28.2 Å². The molecule has 1 amide bonds. The van der Waals surface area contributed by atoms with E-state index in [-0.39, 0.29) is 11.5 Å². The minimum absolute atomic E-state index is 0.00794. The molecular formula is C14H14N4O3. The van der Waals surface area contributed by atoms with Gasteiger partial charge in [-0.25, -0.2) is 4.79 Å². The molecule has 0 unspecified atom stereocenters. The molecule has 1 aliphatic heterocycles. The maximum Gasteiger partial charge on any atom is 0.335 e. The van der Waals surface area contributed by atoms with Gasteiger partial charge in [0.25, 0.3) is 0 Å². The van der Waals surface area contributed by atoms with Crippen LogP contribution in [0.3, 0.4) is 0 Å². The average Bonchev–Trinajstić information content (AvgIpc) is 2.87. The highest BCUT2D eigenvalue weighted by molar-refractivity contribution is 5.97. The van der Waals surface area contributed by atoms with E-state index in [2.05, 4.69) is 10.2 Å². The van der Waals surface area contributed by atoms with Gasteiger partial charge in [-0.2, -0.15) is 0 Å². The zero-order valence-electron chi connectivity index (χ0n) is 11.5. The van der Waals surface area contributed by atoms with Crippen molar-refractivity contribution >= 4 is 17.6 Å². The first kappa shape index (κ1) is 13.3. The van der Waals surface area contributed by atoms with Crippen molar-refractivity contribution in [3.8, 4) is 0 Å². The molecule has 21 heavy (non-hydrogen) atoms. The van der Waals surface area contributed by atoms with Gasteiger partial charge in [0, 0.05) is 19.2 Å². The first-order valence-corrected chi connectivity index (χ1v) is 6.55. The van der Waals surface area contributed by atoms with Crippen molar-refractivity contribution in [2.24, 2.45) is 7.05 Å². The van der Waals surface area contributed by atoms with Crippen LogP contribution in [0.5, 0.6) is 0 Å². The number of rotatable bonds is 3. The molecule has 3 rings (SSSR count). The molecule has 0 bridgehead atoms. The average molecular weight is 286 g/mol. The number of nitrogens with zero attached hydrogens (tertiary/aromatic N) is 4. The SMILES string of the molecule is Cn1cnnc1CN1C(=O)CCc2cc(C(=O)O)ccc21. The van der Waals surface area contributed by atoms with Gasteiger partial charge in [0.1, 0.15) is 6.33 Å². The van der Waals surface area contributed by atoms with E-state index in [4.69, 9.17) is 5.11 Å². The Balaban J connectivity index is 1.97. The zero-order chi connectivity index (χ0) is 15.0. The molecule has 1 N–H and O–H groups in total. The largest absolute Gasteiger partial charge is 0.478 e. The van der Waals surface area contributed by atoms with Crippen LogP contribution < -0.4 is 4.90 Å². The van der Waals surface area contributed by atoms with Crippen molar-refractivity contribution < 1.29 is 14.7 Å². The lowest BCUT2D eigenvalue weighted by Crippen LogP contribution is -2.35. The molecule has 2 heterocycles. The summed E-state index contributed by atoms with van der Waals surface area (Å²) in [5.41, 5.74) is 1.86. The number of amides is 1. The Kier molecular flexibility index (Phi) is 3.17. The predicted molar refractivity (Wildman–Crippen MR) is 73.9 cm³/mol. The maximum atomic E-state index is 12.2. The fourth-order valence-corrected chi connectivity index (χ4v) is 2.46. The third kappa shape index (κ3) is 2.37. The minimum Gasteiger partial charge on any atom is -0.478 e. The highest BCUT2D eigenvalue weighted by Gasteiger charge is 2.26. The molecule has 0 saturated carbocycles. The molecule has 1 aromatic heterocycles. The molecular weight excluding hydrogens is 272 g/mol. The third-order valence-electron chi connectivity index (χ3n) is 3.63. The van der Waals surface area contributed by atoms with Gasteiger partial charge in [-0.1, -0.05) is 0 Å². The van der Waals surface area contributed by atoms with Crippen LogP contribution in [-0.4, -0.2) is 31.7 Å². The standard InChI is InChI=1S/C14H14N4O3/c1-17-8-15-16-12(17)7-18-11-4-2-10(14(20)21)6-9(11)3-5-13(18)19/h2,4,6,8H,3,5,7H2,1H3,(H,20,21). The van der Waals surface area contributed by atoms with Gasteiger partial charge in [0.05, 0.1) is 12.1 Å². The predicted octanol–water partition coefficient (Wildman–Crippen LogP) is 0.993. The molecule has 7 nitrogen and oxygen atoms in total. The molecule has 1 aromatic carbocycles. The summed E-state index contributed by atoms with van der Waals surface area (Å²) >= 11 is 0. The van der Waals surface area contributed by atoms with Crippen LogP contribution in [0.15, 0.2) is 24.5 Å². The number of carboxylic acids is 1. The number of anilines is 1. The van der Waals surface area contributed by atoms with E-state index >= 15 is 0 Å². The molecule has 7 heteroatoms. The number of aromatic carboxylic acids is 1. The normalized spacial score (nSPS) is 14.1. The van der Waals surface area contributed by atoms with Gasteiger partial charge in [-0.15, -0.1) is 10.2 Å². The molecule has 0 fully saturated rings. The van der Waals surface area contributed by atoms with Gasteiger partial charge < -0.3 is 14.6 Å². The van der Waals surface area contributed by atoms with E-state index in [1.807, 2.05) is 7.05 Å². The summed E-state index contributed by atoms with van der Waals surface area (Å²) in [6.07, 6.45) is 2.51. The van der Waals surface area contributed by atoms with E-state index in [0.29, 0.717) is 25.2 Å². The fourth-order valence-electron chi connectivity index (χ4n) is 2.46. The molecule has 0 aliphatic carbocycles. The second-order valence-electron chi connectivity index (χ2n) is 4.99. The molecule has 2 aromatic rings. The van der Waals surface area contributed by atoms with Gasteiger partial charge in [-0.05, 0) is 30.2 Å². The van der Waals surface area contributed by atoms with E-state index < -0.39 is 5.97 Å². The Morgan fingerprint density at radius 3 is 2.86 bits per heavy atom. The second-order valence-corrected chi connectivity index (χ2v) is 4.99. The van der Waals surface area contributed by atoms with Crippen molar-refractivity contribution in [1.29, 1.82) is 0 Å². The van der Waals surface area contributed by atoms with E-state index in [1.54, 1.807) is 27.9 Å². The number of carbonyl (C=O) groups excluding carboxylic acids is 1. The Hall–Kier alpha value is -2.70. The quantitative estimate of drug-likeness (QED) is 0.909. The minimum atomic E-state index is -0.963. The summed E-state index contributed by atoms with van der Waals surface area (Å²) in [5.74, 6) is -0.276.